The maximum atomic E-state index is 13.0. The van der Waals surface area contributed by atoms with E-state index in [1.165, 1.54) is 0 Å². The number of amides is 3. The molecule has 7 nitrogen and oxygen atoms in total. The lowest BCUT2D eigenvalue weighted by Crippen LogP contribution is -2.52. The van der Waals surface area contributed by atoms with Crippen LogP contribution >= 0.6 is 11.6 Å². The Morgan fingerprint density at radius 1 is 1.03 bits per heavy atom. The molecule has 0 radical (unpaired) electrons. The topological polar surface area (TPSA) is 79.9 Å². The molecule has 0 aromatic heterocycles. The number of rotatable bonds is 6. The molecule has 0 unspecified atom stereocenters. The Morgan fingerprint density at radius 2 is 1.65 bits per heavy atom. The molecule has 1 aliphatic heterocycles. The fourth-order valence-corrected chi connectivity index (χ4v) is 3.70. The quantitative estimate of drug-likeness (QED) is 0.701. The van der Waals surface area contributed by atoms with Crippen molar-refractivity contribution in [1.29, 1.82) is 0 Å². The number of carbonyl (C=O) groups excluding carboxylic acids is 2. The van der Waals surface area contributed by atoms with Gasteiger partial charge in [-0.15, -0.1) is 0 Å². The van der Waals surface area contributed by atoms with E-state index in [2.05, 4.69) is 10.6 Å². The summed E-state index contributed by atoms with van der Waals surface area (Å²) in [5, 5.41) is 6.32. The highest BCUT2D eigenvalue weighted by atomic mass is 35.5. The summed E-state index contributed by atoms with van der Waals surface area (Å²) in [7, 11) is 3.19. The SMILES string of the molecule is COc1cc2c(cc1OC)CN(C(=O)N[C@H](C(=O)Nc1ccc(Cl)cc1)C(C)C)CC2. The molecule has 0 fully saturated rings. The lowest BCUT2D eigenvalue weighted by Gasteiger charge is -2.32. The number of urea groups is 1. The fourth-order valence-electron chi connectivity index (χ4n) is 3.57. The Morgan fingerprint density at radius 3 is 2.23 bits per heavy atom. The van der Waals surface area contributed by atoms with E-state index in [0.717, 1.165) is 11.1 Å². The average Bonchev–Trinajstić information content (AvgIpc) is 2.77. The monoisotopic (exact) mass is 445 g/mol. The molecule has 2 aromatic carbocycles. The van der Waals surface area contributed by atoms with Crippen molar-refractivity contribution in [3.05, 3.63) is 52.5 Å². The Kier molecular flexibility index (Phi) is 7.28. The maximum absolute atomic E-state index is 13.0. The predicted molar refractivity (Wildman–Crippen MR) is 121 cm³/mol. The number of anilines is 1. The van der Waals surface area contributed by atoms with Gasteiger partial charge in [0.2, 0.25) is 5.91 Å². The molecule has 0 bridgehead atoms. The minimum Gasteiger partial charge on any atom is -0.493 e. The van der Waals surface area contributed by atoms with E-state index in [-0.39, 0.29) is 17.9 Å². The van der Waals surface area contributed by atoms with Crippen LogP contribution in [0.25, 0.3) is 0 Å². The summed E-state index contributed by atoms with van der Waals surface area (Å²) in [6.07, 6.45) is 0.701. The van der Waals surface area contributed by atoms with E-state index in [9.17, 15) is 9.59 Å². The van der Waals surface area contributed by atoms with E-state index in [1.807, 2.05) is 26.0 Å². The summed E-state index contributed by atoms with van der Waals surface area (Å²) < 4.78 is 10.8. The highest BCUT2D eigenvalue weighted by Crippen LogP contribution is 2.33. The maximum Gasteiger partial charge on any atom is 0.318 e. The molecule has 2 aromatic rings. The van der Waals surface area contributed by atoms with Gasteiger partial charge < -0.3 is 25.0 Å². The molecule has 0 aliphatic carbocycles. The second kappa shape index (κ2) is 9.92. The van der Waals surface area contributed by atoms with Gasteiger partial charge in [-0.2, -0.15) is 0 Å². The van der Waals surface area contributed by atoms with Crippen molar-refractivity contribution in [3.8, 4) is 11.5 Å². The van der Waals surface area contributed by atoms with Crippen molar-refractivity contribution in [2.45, 2.75) is 32.9 Å². The lowest BCUT2D eigenvalue weighted by molar-refractivity contribution is -0.118. The van der Waals surface area contributed by atoms with Gasteiger partial charge in [0, 0.05) is 23.8 Å². The second-order valence-electron chi connectivity index (χ2n) is 7.81. The van der Waals surface area contributed by atoms with Gasteiger partial charge in [0.05, 0.1) is 14.2 Å². The van der Waals surface area contributed by atoms with Crippen LogP contribution < -0.4 is 20.1 Å². The molecule has 3 amide bonds. The first-order chi connectivity index (χ1) is 14.8. The van der Waals surface area contributed by atoms with Gasteiger partial charge >= 0.3 is 6.03 Å². The third kappa shape index (κ3) is 5.41. The van der Waals surface area contributed by atoms with Crippen molar-refractivity contribution in [2.24, 2.45) is 5.92 Å². The average molecular weight is 446 g/mol. The number of nitrogens with one attached hydrogen (secondary N) is 2. The van der Waals surface area contributed by atoms with E-state index in [1.54, 1.807) is 43.4 Å². The summed E-state index contributed by atoms with van der Waals surface area (Å²) in [5.74, 6) is 0.955. The molecule has 166 valence electrons. The summed E-state index contributed by atoms with van der Waals surface area (Å²) in [4.78, 5) is 27.5. The first-order valence-corrected chi connectivity index (χ1v) is 10.6. The van der Waals surface area contributed by atoms with Crippen molar-refractivity contribution in [1.82, 2.24) is 10.2 Å². The number of hydrogen-bond acceptors (Lipinski definition) is 4. The molecule has 1 heterocycles. The normalized spacial score (nSPS) is 13.9. The molecule has 2 N–H and O–H groups in total. The van der Waals surface area contributed by atoms with Crippen LogP contribution in [0.5, 0.6) is 11.5 Å². The summed E-state index contributed by atoms with van der Waals surface area (Å²) in [6, 6.07) is 9.77. The number of methoxy groups -OCH3 is 2. The molecule has 1 atom stereocenters. The molecule has 0 spiro atoms. The number of ether oxygens (including phenoxy) is 2. The Bertz CT molecular complexity index is 947. The number of hydrogen-bond donors (Lipinski definition) is 2. The molecule has 0 saturated carbocycles. The molecule has 3 rings (SSSR count). The number of carbonyl (C=O) groups is 2. The molecule has 1 aliphatic rings. The smallest absolute Gasteiger partial charge is 0.318 e. The molecule has 31 heavy (non-hydrogen) atoms. The van der Waals surface area contributed by atoms with Crippen LogP contribution in [0.15, 0.2) is 36.4 Å². The minimum absolute atomic E-state index is 0.0855. The van der Waals surface area contributed by atoms with Crippen molar-refractivity contribution >= 4 is 29.2 Å². The molecule has 0 saturated heterocycles. The van der Waals surface area contributed by atoms with Crippen LogP contribution in [0, 0.1) is 5.92 Å². The predicted octanol–water partition coefficient (Wildman–Crippen LogP) is 4.09. The lowest BCUT2D eigenvalue weighted by atomic mass is 9.99. The van der Waals surface area contributed by atoms with Gasteiger partial charge in [-0.3, -0.25) is 4.79 Å². The third-order valence-electron chi connectivity index (χ3n) is 5.35. The van der Waals surface area contributed by atoms with Crippen molar-refractivity contribution in [2.75, 3.05) is 26.1 Å². The molecule has 8 heteroatoms. The minimum atomic E-state index is -0.671. The zero-order chi connectivity index (χ0) is 22.5. The van der Waals surface area contributed by atoms with Crippen LogP contribution in [0.2, 0.25) is 5.02 Å². The summed E-state index contributed by atoms with van der Waals surface area (Å²) >= 11 is 5.90. The third-order valence-corrected chi connectivity index (χ3v) is 5.60. The van der Waals surface area contributed by atoms with Gasteiger partial charge in [0.15, 0.2) is 11.5 Å². The molecular formula is C23H28ClN3O4. The van der Waals surface area contributed by atoms with Crippen LogP contribution in [0.3, 0.4) is 0 Å². The van der Waals surface area contributed by atoms with Crippen molar-refractivity contribution < 1.29 is 19.1 Å². The largest absolute Gasteiger partial charge is 0.493 e. The Hall–Kier alpha value is -2.93. The Labute approximate surface area is 187 Å². The molecular weight excluding hydrogens is 418 g/mol. The van der Waals surface area contributed by atoms with E-state index < -0.39 is 6.04 Å². The number of fused-ring (bicyclic) bond motifs is 1. The van der Waals surface area contributed by atoms with E-state index in [0.29, 0.717) is 41.7 Å². The Balaban J connectivity index is 1.68. The highest BCUT2D eigenvalue weighted by molar-refractivity contribution is 6.30. The van der Waals surface area contributed by atoms with Crippen molar-refractivity contribution in [3.63, 3.8) is 0 Å². The highest BCUT2D eigenvalue weighted by Gasteiger charge is 2.29. The van der Waals surface area contributed by atoms with Crippen LogP contribution in [-0.2, 0) is 17.8 Å². The van der Waals surface area contributed by atoms with Gasteiger partial charge in [-0.1, -0.05) is 25.4 Å². The second-order valence-corrected chi connectivity index (χ2v) is 8.25. The number of nitrogens with zero attached hydrogens (tertiary/aromatic N) is 1. The first-order valence-electron chi connectivity index (χ1n) is 10.2. The van der Waals surface area contributed by atoms with Gasteiger partial charge in [-0.25, -0.2) is 4.79 Å². The fraction of sp³-hybridized carbons (Fsp3) is 0.391. The van der Waals surface area contributed by atoms with E-state index >= 15 is 0 Å². The van der Waals surface area contributed by atoms with Gasteiger partial charge in [0.25, 0.3) is 0 Å². The van der Waals surface area contributed by atoms with Crippen LogP contribution in [-0.4, -0.2) is 43.6 Å². The van der Waals surface area contributed by atoms with Crippen LogP contribution in [0.4, 0.5) is 10.5 Å². The van der Waals surface area contributed by atoms with Crippen LogP contribution in [0.1, 0.15) is 25.0 Å². The van der Waals surface area contributed by atoms with Gasteiger partial charge in [-0.05, 0) is 59.9 Å². The number of halogens is 1. The summed E-state index contributed by atoms with van der Waals surface area (Å²) in [5.41, 5.74) is 2.76. The summed E-state index contributed by atoms with van der Waals surface area (Å²) in [6.45, 7) is 4.78. The first kappa shape index (κ1) is 22.7. The standard InChI is InChI=1S/C23H28ClN3O4/c1-14(2)21(22(28)25-18-7-5-17(24)6-8-18)26-23(29)27-10-9-15-11-19(30-3)20(31-4)12-16(15)13-27/h5-8,11-12,14,21H,9-10,13H2,1-4H3,(H,25,28)(H,26,29)/t21-/m0/s1. The van der Waals surface area contributed by atoms with E-state index in [4.69, 9.17) is 21.1 Å². The van der Waals surface area contributed by atoms with Gasteiger partial charge in [0.1, 0.15) is 6.04 Å². The number of benzene rings is 2. The zero-order valence-corrected chi connectivity index (χ0v) is 19.0. The zero-order valence-electron chi connectivity index (χ0n) is 18.2.